The molecule has 0 fully saturated rings. The monoisotopic (exact) mass is 345 g/mol. The van der Waals surface area contributed by atoms with E-state index in [1.807, 2.05) is 17.5 Å². The predicted octanol–water partition coefficient (Wildman–Crippen LogP) is 3.77. The first-order chi connectivity index (χ1) is 11.3. The van der Waals surface area contributed by atoms with Crippen LogP contribution in [0.3, 0.4) is 0 Å². The van der Waals surface area contributed by atoms with Crippen LogP contribution in [0.4, 0.5) is 0 Å². The van der Waals surface area contributed by atoms with Crippen molar-refractivity contribution >= 4 is 23.1 Å². The lowest BCUT2D eigenvalue weighted by Gasteiger charge is -2.41. The predicted molar refractivity (Wildman–Crippen MR) is 94.5 cm³/mol. The zero-order valence-electron chi connectivity index (χ0n) is 14.3. The van der Waals surface area contributed by atoms with Gasteiger partial charge in [-0.2, -0.15) is 0 Å². The quantitative estimate of drug-likeness (QED) is 0.847. The molecular formula is C19H23NO3S. The Morgan fingerprint density at radius 2 is 2.21 bits per heavy atom. The first-order valence-corrected chi connectivity index (χ1v) is 9.14. The molecule has 2 atom stereocenters. The minimum Gasteiger partial charge on any atom is -0.465 e. The van der Waals surface area contributed by atoms with Crippen molar-refractivity contribution in [3.8, 4) is 0 Å². The molecule has 0 amide bonds. The Bertz CT molecular complexity index is 715. The summed E-state index contributed by atoms with van der Waals surface area (Å²) in [6.07, 6.45) is 1.28. The Morgan fingerprint density at radius 1 is 1.46 bits per heavy atom. The van der Waals surface area contributed by atoms with Gasteiger partial charge in [0, 0.05) is 34.2 Å². The third kappa shape index (κ3) is 2.93. The van der Waals surface area contributed by atoms with E-state index >= 15 is 0 Å². The van der Waals surface area contributed by atoms with Crippen LogP contribution in [0.15, 0.2) is 41.1 Å². The van der Waals surface area contributed by atoms with Gasteiger partial charge in [-0.15, -0.1) is 11.3 Å². The summed E-state index contributed by atoms with van der Waals surface area (Å²) in [4.78, 5) is 26.5. The summed E-state index contributed by atoms with van der Waals surface area (Å²) in [6, 6.07) is 3.93. The van der Waals surface area contributed by atoms with Gasteiger partial charge in [-0.25, -0.2) is 0 Å². The molecule has 1 aliphatic heterocycles. The molecule has 0 spiro atoms. The highest BCUT2D eigenvalue weighted by atomic mass is 32.1. The van der Waals surface area contributed by atoms with Gasteiger partial charge in [0.1, 0.15) is 5.92 Å². The van der Waals surface area contributed by atoms with Crippen LogP contribution in [0.2, 0.25) is 0 Å². The molecule has 1 aliphatic carbocycles. The van der Waals surface area contributed by atoms with Crippen molar-refractivity contribution in [3.63, 3.8) is 0 Å². The van der Waals surface area contributed by atoms with Crippen molar-refractivity contribution in [2.45, 2.75) is 39.5 Å². The summed E-state index contributed by atoms with van der Waals surface area (Å²) in [5.41, 5.74) is 2.19. The summed E-state index contributed by atoms with van der Waals surface area (Å²) < 4.78 is 5.27. The summed E-state index contributed by atoms with van der Waals surface area (Å²) in [5.74, 6) is -1.06. The molecule has 0 saturated carbocycles. The number of carbonyl (C=O) groups excluding carboxylic acids is 2. The van der Waals surface area contributed by atoms with Crippen LogP contribution in [0.25, 0.3) is 0 Å². The molecule has 2 heterocycles. The number of rotatable bonds is 3. The molecule has 0 radical (unpaired) electrons. The van der Waals surface area contributed by atoms with E-state index in [9.17, 15) is 9.59 Å². The number of nitrogens with one attached hydrogen (secondary N) is 1. The molecule has 2 aliphatic rings. The Balaban J connectivity index is 2.12. The second-order valence-electron chi connectivity index (χ2n) is 7.21. The Labute approximate surface area is 146 Å². The maximum absolute atomic E-state index is 12.9. The van der Waals surface area contributed by atoms with E-state index in [-0.39, 0.29) is 23.1 Å². The maximum Gasteiger partial charge on any atom is 0.315 e. The molecule has 3 rings (SSSR count). The van der Waals surface area contributed by atoms with Crippen molar-refractivity contribution in [3.05, 3.63) is 45.9 Å². The van der Waals surface area contributed by atoms with Crippen molar-refractivity contribution in [2.24, 2.45) is 11.3 Å². The Morgan fingerprint density at radius 3 is 2.83 bits per heavy atom. The van der Waals surface area contributed by atoms with Gasteiger partial charge in [0.15, 0.2) is 5.78 Å². The lowest BCUT2D eigenvalue weighted by atomic mass is 9.68. The fourth-order valence-electron chi connectivity index (χ4n) is 3.73. The van der Waals surface area contributed by atoms with E-state index < -0.39 is 5.92 Å². The number of esters is 1. The zero-order valence-corrected chi connectivity index (χ0v) is 15.2. The highest BCUT2D eigenvalue weighted by Crippen LogP contribution is 2.48. The molecule has 24 heavy (non-hydrogen) atoms. The Hall–Kier alpha value is -1.88. The Kier molecular flexibility index (Phi) is 4.38. The standard InChI is InChI=1S/C19H23NO3S/c1-5-23-18(22)15-11(2)20-12-9-19(3,4)10-13(21)16(12)17(15)14-7-6-8-24-14/h6-8,15,17,20H,2,5,9-10H2,1,3-4H3. The fraction of sp³-hybridized carbons (Fsp3) is 0.474. The van der Waals surface area contributed by atoms with Crippen LogP contribution in [0.5, 0.6) is 0 Å². The molecular weight excluding hydrogens is 322 g/mol. The number of hydrogen-bond acceptors (Lipinski definition) is 5. The number of Topliss-reactive ketones (excluding diaryl/α,β-unsaturated/α-hetero) is 1. The summed E-state index contributed by atoms with van der Waals surface area (Å²) in [5, 5.41) is 5.23. The van der Waals surface area contributed by atoms with Gasteiger partial charge in [0.05, 0.1) is 6.61 Å². The van der Waals surface area contributed by atoms with E-state index in [0.29, 0.717) is 18.7 Å². The van der Waals surface area contributed by atoms with Gasteiger partial charge >= 0.3 is 5.97 Å². The van der Waals surface area contributed by atoms with E-state index in [0.717, 1.165) is 22.6 Å². The van der Waals surface area contributed by atoms with E-state index in [2.05, 4.69) is 25.7 Å². The van der Waals surface area contributed by atoms with Crippen LogP contribution in [0, 0.1) is 11.3 Å². The third-order valence-corrected chi connectivity index (χ3v) is 5.60. The molecule has 0 saturated heterocycles. The summed E-state index contributed by atoms with van der Waals surface area (Å²) in [7, 11) is 0. The van der Waals surface area contributed by atoms with E-state index in [1.165, 1.54) is 0 Å². The van der Waals surface area contributed by atoms with Gasteiger partial charge in [0.25, 0.3) is 0 Å². The highest BCUT2D eigenvalue weighted by molar-refractivity contribution is 7.10. The number of allylic oxidation sites excluding steroid dienone is 2. The van der Waals surface area contributed by atoms with Crippen LogP contribution >= 0.6 is 11.3 Å². The number of carbonyl (C=O) groups is 2. The normalized spacial score (nSPS) is 26.0. The zero-order chi connectivity index (χ0) is 17.5. The first-order valence-electron chi connectivity index (χ1n) is 8.26. The molecule has 1 aromatic rings. The molecule has 5 heteroatoms. The van der Waals surface area contributed by atoms with Crippen LogP contribution < -0.4 is 5.32 Å². The summed E-state index contributed by atoms with van der Waals surface area (Å²) in [6.45, 7) is 10.4. The molecule has 1 aromatic heterocycles. The molecule has 4 nitrogen and oxygen atoms in total. The van der Waals surface area contributed by atoms with Crippen molar-refractivity contribution in [1.82, 2.24) is 5.32 Å². The number of hydrogen-bond donors (Lipinski definition) is 1. The maximum atomic E-state index is 12.9. The van der Waals surface area contributed by atoms with Crippen molar-refractivity contribution in [1.29, 1.82) is 0 Å². The van der Waals surface area contributed by atoms with Gasteiger partial charge in [-0.1, -0.05) is 26.5 Å². The highest BCUT2D eigenvalue weighted by Gasteiger charge is 2.46. The van der Waals surface area contributed by atoms with Crippen LogP contribution in [-0.4, -0.2) is 18.4 Å². The minimum atomic E-state index is -0.562. The fourth-order valence-corrected chi connectivity index (χ4v) is 4.60. The number of ketones is 1. The van der Waals surface area contributed by atoms with Gasteiger partial charge < -0.3 is 10.1 Å². The molecule has 2 unspecified atom stereocenters. The lowest BCUT2D eigenvalue weighted by Crippen LogP contribution is -2.43. The molecule has 0 aromatic carbocycles. The second kappa shape index (κ2) is 6.20. The third-order valence-electron chi connectivity index (χ3n) is 4.64. The van der Waals surface area contributed by atoms with Crippen molar-refractivity contribution < 1.29 is 14.3 Å². The van der Waals surface area contributed by atoms with Crippen molar-refractivity contribution in [2.75, 3.05) is 6.61 Å². The lowest BCUT2D eigenvalue weighted by molar-refractivity contribution is -0.147. The SMILES string of the molecule is C=C1NC2=C(C(=O)CC(C)(C)C2)C(c2cccs2)C1C(=O)OCC. The topological polar surface area (TPSA) is 55.4 Å². The number of ether oxygens (including phenoxy) is 1. The molecule has 128 valence electrons. The largest absolute Gasteiger partial charge is 0.465 e. The number of thiophene rings is 1. The second-order valence-corrected chi connectivity index (χ2v) is 8.19. The average Bonchev–Trinajstić information content (AvgIpc) is 2.98. The molecule has 0 bridgehead atoms. The van der Waals surface area contributed by atoms with Gasteiger partial charge in [-0.3, -0.25) is 9.59 Å². The molecule has 1 N–H and O–H groups in total. The summed E-state index contributed by atoms with van der Waals surface area (Å²) >= 11 is 1.57. The van der Waals surface area contributed by atoms with Gasteiger partial charge in [0.2, 0.25) is 0 Å². The van der Waals surface area contributed by atoms with E-state index in [1.54, 1.807) is 18.3 Å². The van der Waals surface area contributed by atoms with Gasteiger partial charge in [-0.05, 0) is 30.2 Å². The van der Waals surface area contributed by atoms with Crippen LogP contribution in [0.1, 0.15) is 44.4 Å². The minimum absolute atomic E-state index is 0.0834. The average molecular weight is 345 g/mol. The smallest absolute Gasteiger partial charge is 0.315 e. The van der Waals surface area contributed by atoms with E-state index in [4.69, 9.17) is 4.74 Å². The van der Waals surface area contributed by atoms with Crippen LogP contribution in [-0.2, 0) is 14.3 Å². The first kappa shape index (κ1) is 17.0.